The Labute approximate surface area is 122 Å². The Morgan fingerprint density at radius 1 is 1.29 bits per heavy atom. The Kier molecular flexibility index (Phi) is 4.26. The zero-order chi connectivity index (χ0) is 15.5. The van der Waals surface area contributed by atoms with E-state index in [9.17, 15) is 14.4 Å². The van der Waals surface area contributed by atoms with Gasteiger partial charge < -0.3 is 10.4 Å². The maximum Gasteiger partial charge on any atom is 0.325 e. The van der Waals surface area contributed by atoms with Gasteiger partial charge in [-0.2, -0.15) is 0 Å². The van der Waals surface area contributed by atoms with Crippen molar-refractivity contribution in [1.29, 1.82) is 0 Å². The molecule has 21 heavy (non-hydrogen) atoms. The molecular weight excluding hydrogens is 272 g/mol. The van der Waals surface area contributed by atoms with E-state index in [1.54, 1.807) is 24.3 Å². The number of carbonyl (C=O) groups excluding carboxylic acids is 2. The second-order valence-electron chi connectivity index (χ2n) is 5.09. The lowest BCUT2D eigenvalue weighted by Gasteiger charge is -2.27. The summed E-state index contributed by atoms with van der Waals surface area (Å²) in [6, 6.07) is 8.32. The monoisotopic (exact) mass is 290 g/mol. The van der Waals surface area contributed by atoms with Crippen LogP contribution in [0.4, 0.5) is 4.79 Å². The number of carbonyl (C=O) groups is 3. The van der Waals surface area contributed by atoms with Crippen molar-refractivity contribution in [3.63, 3.8) is 0 Å². The normalized spacial score (nSPS) is 21.5. The molecule has 1 aliphatic heterocycles. The number of nitrogens with one attached hydrogen (secondary N) is 1. The summed E-state index contributed by atoms with van der Waals surface area (Å²) in [5.74, 6) is -1.70. The number of hydrogen-bond donors (Lipinski definition) is 2. The fourth-order valence-electron chi connectivity index (χ4n) is 2.58. The average Bonchev–Trinajstić information content (AvgIpc) is 2.71. The Balaban J connectivity index is 2.40. The number of hydrogen-bond acceptors (Lipinski definition) is 3. The maximum absolute atomic E-state index is 12.7. The zero-order valence-electron chi connectivity index (χ0n) is 11.8. The highest BCUT2D eigenvalue weighted by molar-refractivity contribution is 6.09. The number of amides is 3. The Morgan fingerprint density at radius 3 is 2.52 bits per heavy atom. The van der Waals surface area contributed by atoms with Gasteiger partial charge in [0.15, 0.2) is 0 Å². The van der Waals surface area contributed by atoms with Gasteiger partial charge in [-0.3, -0.25) is 14.5 Å². The lowest BCUT2D eigenvalue weighted by molar-refractivity contribution is -0.143. The molecule has 6 heteroatoms. The van der Waals surface area contributed by atoms with Crippen molar-refractivity contribution < 1.29 is 19.5 Å². The van der Waals surface area contributed by atoms with Crippen LogP contribution >= 0.6 is 0 Å². The van der Waals surface area contributed by atoms with Crippen molar-refractivity contribution in [2.45, 2.75) is 31.7 Å². The quantitative estimate of drug-likeness (QED) is 0.781. The molecule has 1 aromatic rings. The molecule has 112 valence electrons. The second-order valence-corrected chi connectivity index (χ2v) is 5.09. The largest absolute Gasteiger partial charge is 0.480 e. The zero-order valence-corrected chi connectivity index (χ0v) is 11.8. The van der Waals surface area contributed by atoms with Crippen LogP contribution in [-0.2, 0) is 15.1 Å². The van der Waals surface area contributed by atoms with Gasteiger partial charge in [-0.15, -0.1) is 0 Å². The van der Waals surface area contributed by atoms with Crippen LogP contribution in [0.1, 0.15) is 31.7 Å². The first-order chi connectivity index (χ1) is 10.0. The van der Waals surface area contributed by atoms with Gasteiger partial charge in [0.2, 0.25) is 0 Å². The Hall–Kier alpha value is -2.37. The van der Waals surface area contributed by atoms with Crippen molar-refractivity contribution in [2.24, 2.45) is 0 Å². The number of nitrogens with zero attached hydrogens (tertiary/aromatic N) is 1. The first-order valence-electron chi connectivity index (χ1n) is 6.92. The minimum atomic E-state index is -1.21. The predicted octanol–water partition coefficient (Wildman–Crippen LogP) is 1.71. The highest BCUT2D eigenvalue weighted by atomic mass is 16.4. The molecule has 1 saturated heterocycles. The van der Waals surface area contributed by atoms with Crippen LogP contribution in [0.2, 0.25) is 0 Å². The SMILES string of the molecule is CCCCC1(c2ccccc2)NC(=O)N(CC(=O)O)C1=O. The smallest absolute Gasteiger partial charge is 0.325 e. The first kappa shape index (κ1) is 15.0. The van der Waals surface area contributed by atoms with E-state index in [1.165, 1.54) is 0 Å². The molecule has 6 nitrogen and oxygen atoms in total. The molecule has 2 rings (SSSR count). The molecular formula is C15H18N2O4. The van der Waals surface area contributed by atoms with E-state index in [0.717, 1.165) is 17.7 Å². The van der Waals surface area contributed by atoms with Gasteiger partial charge >= 0.3 is 12.0 Å². The predicted molar refractivity (Wildman–Crippen MR) is 75.5 cm³/mol. The molecule has 3 amide bonds. The van der Waals surface area contributed by atoms with Crippen LogP contribution in [0, 0.1) is 0 Å². The summed E-state index contributed by atoms with van der Waals surface area (Å²) < 4.78 is 0. The third-order valence-corrected chi connectivity index (χ3v) is 3.64. The minimum Gasteiger partial charge on any atom is -0.480 e. The van der Waals surface area contributed by atoms with Crippen LogP contribution in [-0.4, -0.2) is 34.5 Å². The van der Waals surface area contributed by atoms with E-state index in [0.29, 0.717) is 12.0 Å². The number of benzene rings is 1. The molecule has 0 saturated carbocycles. The number of aliphatic carboxylic acids is 1. The van der Waals surface area contributed by atoms with Crippen LogP contribution in [0.3, 0.4) is 0 Å². The highest BCUT2D eigenvalue weighted by Gasteiger charge is 2.52. The van der Waals surface area contributed by atoms with Crippen LogP contribution in [0.15, 0.2) is 30.3 Å². The van der Waals surface area contributed by atoms with E-state index in [-0.39, 0.29) is 0 Å². The molecule has 1 heterocycles. The van der Waals surface area contributed by atoms with E-state index in [2.05, 4.69) is 5.32 Å². The summed E-state index contributed by atoms with van der Waals surface area (Å²) in [7, 11) is 0. The molecule has 1 fully saturated rings. The molecule has 1 unspecified atom stereocenters. The lowest BCUT2D eigenvalue weighted by atomic mass is 9.85. The topological polar surface area (TPSA) is 86.7 Å². The van der Waals surface area contributed by atoms with Gasteiger partial charge in [-0.25, -0.2) is 4.79 Å². The maximum atomic E-state index is 12.7. The van der Waals surface area contributed by atoms with Gasteiger partial charge in [0.1, 0.15) is 12.1 Å². The van der Waals surface area contributed by atoms with Crippen molar-refractivity contribution in [3.05, 3.63) is 35.9 Å². The van der Waals surface area contributed by atoms with Crippen LogP contribution < -0.4 is 5.32 Å². The van der Waals surface area contributed by atoms with E-state index >= 15 is 0 Å². The number of urea groups is 1. The molecule has 2 N–H and O–H groups in total. The first-order valence-corrected chi connectivity index (χ1v) is 6.92. The highest BCUT2D eigenvalue weighted by Crippen LogP contribution is 2.33. The fourth-order valence-corrected chi connectivity index (χ4v) is 2.58. The third-order valence-electron chi connectivity index (χ3n) is 3.64. The molecule has 1 atom stereocenters. The number of carboxylic acids is 1. The molecule has 0 radical (unpaired) electrons. The second kappa shape index (κ2) is 5.95. The summed E-state index contributed by atoms with van der Waals surface area (Å²) in [5, 5.41) is 11.6. The van der Waals surface area contributed by atoms with Crippen molar-refractivity contribution >= 4 is 17.9 Å². The molecule has 0 aromatic heterocycles. The number of carboxylic acid groups (broad SMARTS) is 1. The van der Waals surface area contributed by atoms with E-state index in [4.69, 9.17) is 5.11 Å². The Bertz CT molecular complexity index is 558. The summed E-state index contributed by atoms with van der Waals surface area (Å²) in [5.41, 5.74) is -0.464. The van der Waals surface area contributed by atoms with Gasteiger partial charge in [-0.05, 0) is 12.0 Å². The fraction of sp³-hybridized carbons (Fsp3) is 0.400. The summed E-state index contributed by atoms with van der Waals surface area (Å²) >= 11 is 0. The summed E-state index contributed by atoms with van der Waals surface area (Å²) in [6.45, 7) is 1.38. The molecule has 0 aliphatic carbocycles. The number of imide groups is 1. The minimum absolute atomic E-state index is 0.453. The van der Waals surface area contributed by atoms with Crippen molar-refractivity contribution in [1.82, 2.24) is 10.2 Å². The summed E-state index contributed by atoms with van der Waals surface area (Å²) in [6.07, 6.45) is 2.08. The average molecular weight is 290 g/mol. The van der Waals surface area contributed by atoms with Crippen molar-refractivity contribution in [3.8, 4) is 0 Å². The van der Waals surface area contributed by atoms with Crippen LogP contribution in [0.25, 0.3) is 0 Å². The summed E-state index contributed by atoms with van der Waals surface area (Å²) in [4.78, 5) is 36.3. The Morgan fingerprint density at radius 2 is 1.95 bits per heavy atom. The van der Waals surface area contributed by atoms with Crippen molar-refractivity contribution in [2.75, 3.05) is 6.54 Å². The third kappa shape index (κ3) is 2.74. The van der Waals surface area contributed by atoms with Gasteiger partial charge in [0.25, 0.3) is 5.91 Å². The van der Waals surface area contributed by atoms with E-state index in [1.807, 2.05) is 13.0 Å². The van der Waals surface area contributed by atoms with Crippen LogP contribution in [0.5, 0.6) is 0 Å². The molecule has 1 aliphatic rings. The molecule has 0 bridgehead atoms. The molecule has 0 spiro atoms. The lowest BCUT2D eigenvalue weighted by Crippen LogP contribution is -2.44. The van der Waals surface area contributed by atoms with Gasteiger partial charge in [0.05, 0.1) is 0 Å². The van der Waals surface area contributed by atoms with E-state index < -0.39 is 30.0 Å². The standard InChI is InChI=1S/C15H18N2O4/c1-2-3-9-15(11-7-5-4-6-8-11)13(20)17(10-12(18)19)14(21)16-15/h4-8H,2-3,9-10H2,1H3,(H,16,21)(H,18,19). The van der Waals surface area contributed by atoms with Gasteiger partial charge in [-0.1, -0.05) is 50.1 Å². The number of unbranched alkanes of at least 4 members (excludes halogenated alkanes) is 1. The van der Waals surface area contributed by atoms with Gasteiger partial charge in [0, 0.05) is 0 Å². The molecule has 1 aromatic carbocycles. The number of rotatable bonds is 6.